The van der Waals surface area contributed by atoms with Crippen molar-refractivity contribution in [1.82, 2.24) is 4.72 Å². The summed E-state index contributed by atoms with van der Waals surface area (Å²) in [6, 6.07) is 18.2. The molecule has 0 aliphatic carbocycles. The molecule has 0 atom stereocenters. The van der Waals surface area contributed by atoms with E-state index >= 15 is 0 Å². The highest BCUT2D eigenvalue weighted by molar-refractivity contribution is 7.90. The highest BCUT2D eigenvalue weighted by Gasteiger charge is 2.19. The number of sulfonamides is 1. The Labute approximate surface area is 174 Å². The molecule has 0 bridgehead atoms. The van der Waals surface area contributed by atoms with E-state index in [4.69, 9.17) is 4.18 Å². The van der Waals surface area contributed by atoms with Crippen molar-refractivity contribution in [2.75, 3.05) is 5.32 Å². The fourth-order valence-electron chi connectivity index (χ4n) is 2.41. The van der Waals surface area contributed by atoms with E-state index in [9.17, 15) is 21.6 Å². The maximum atomic E-state index is 12.3. The molecule has 2 amide bonds. The summed E-state index contributed by atoms with van der Waals surface area (Å²) in [6.07, 6.45) is 0. The van der Waals surface area contributed by atoms with Crippen LogP contribution in [0.25, 0.3) is 0 Å². The molecule has 0 radical (unpaired) electrons. The lowest BCUT2D eigenvalue weighted by Gasteiger charge is -2.10. The van der Waals surface area contributed by atoms with Crippen molar-refractivity contribution < 1.29 is 25.8 Å². The number of urea groups is 1. The molecule has 0 saturated heterocycles. The molecule has 3 aromatic rings. The number of hydrogen-bond acceptors (Lipinski definition) is 6. The fraction of sp³-hybridized carbons (Fsp3) is 0.0500. The summed E-state index contributed by atoms with van der Waals surface area (Å²) >= 11 is 0. The van der Waals surface area contributed by atoms with E-state index in [1.165, 1.54) is 48.5 Å². The number of carbonyl (C=O) groups is 1. The van der Waals surface area contributed by atoms with Crippen LogP contribution in [0.3, 0.4) is 0 Å². The second-order valence-corrected chi connectivity index (χ2v) is 9.48. The van der Waals surface area contributed by atoms with Crippen molar-refractivity contribution in [2.45, 2.75) is 16.7 Å². The van der Waals surface area contributed by atoms with Gasteiger partial charge in [0.2, 0.25) is 0 Å². The first-order valence-electron chi connectivity index (χ1n) is 8.66. The highest BCUT2D eigenvalue weighted by Crippen LogP contribution is 2.20. The van der Waals surface area contributed by atoms with Crippen LogP contribution in [0.5, 0.6) is 5.75 Å². The normalized spacial score (nSPS) is 11.5. The van der Waals surface area contributed by atoms with Gasteiger partial charge < -0.3 is 9.50 Å². The third-order valence-corrected chi connectivity index (χ3v) is 6.52. The van der Waals surface area contributed by atoms with Gasteiger partial charge in [0.25, 0.3) is 10.0 Å². The summed E-state index contributed by atoms with van der Waals surface area (Å²) in [5.41, 5.74) is 1.08. The molecule has 0 aliphatic heterocycles. The van der Waals surface area contributed by atoms with Crippen LogP contribution in [0, 0.1) is 6.92 Å². The third-order valence-electron chi connectivity index (χ3n) is 3.91. The van der Waals surface area contributed by atoms with E-state index < -0.39 is 26.2 Å². The van der Waals surface area contributed by atoms with Gasteiger partial charge in [0.05, 0.1) is 4.90 Å². The Morgan fingerprint density at radius 1 is 0.767 bits per heavy atom. The van der Waals surface area contributed by atoms with E-state index in [0.29, 0.717) is 0 Å². The van der Waals surface area contributed by atoms with Crippen molar-refractivity contribution in [3.05, 3.63) is 84.4 Å². The van der Waals surface area contributed by atoms with Crippen molar-refractivity contribution in [3.8, 4) is 5.75 Å². The van der Waals surface area contributed by atoms with Gasteiger partial charge in [-0.2, -0.15) is 8.42 Å². The SMILES string of the molecule is Cc1ccc(S(=O)(=O)NC(=O)Nc2ccc(S(=O)(=O)Oc3ccccc3)cc2)cc1. The highest BCUT2D eigenvalue weighted by atomic mass is 32.2. The Kier molecular flexibility index (Phi) is 6.09. The van der Waals surface area contributed by atoms with Crippen LogP contribution in [0.2, 0.25) is 0 Å². The lowest BCUT2D eigenvalue weighted by atomic mass is 10.2. The number of amides is 2. The number of carbonyl (C=O) groups excluding carboxylic acids is 1. The van der Waals surface area contributed by atoms with Crippen molar-refractivity contribution in [2.24, 2.45) is 0 Å². The van der Waals surface area contributed by atoms with Crippen LogP contribution < -0.4 is 14.2 Å². The van der Waals surface area contributed by atoms with E-state index in [0.717, 1.165) is 5.56 Å². The van der Waals surface area contributed by atoms with Gasteiger partial charge in [-0.25, -0.2) is 17.9 Å². The average molecular weight is 447 g/mol. The molecule has 8 nitrogen and oxygen atoms in total. The summed E-state index contributed by atoms with van der Waals surface area (Å²) in [5, 5.41) is 2.34. The van der Waals surface area contributed by atoms with Crippen molar-refractivity contribution in [1.29, 1.82) is 0 Å². The van der Waals surface area contributed by atoms with Crippen molar-refractivity contribution in [3.63, 3.8) is 0 Å². The topological polar surface area (TPSA) is 119 Å². The van der Waals surface area contributed by atoms with Crippen molar-refractivity contribution >= 4 is 31.9 Å². The lowest BCUT2D eigenvalue weighted by Crippen LogP contribution is -2.34. The minimum Gasteiger partial charge on any atom is -0.379 e. The van der Waals surface area contributed by atoms with Gasteiger partial charge >= 0.3 is 16.1 Å². The Bertz CT molecular complexity index is 1240. The quantitative estimate of drug-likeness (QED) is 0.561. The summed E-state index contributed by atoms with van der Waals surface area (Å²) in [5.74, 6) is 0.167. The monoisotopic (exact) mass is 446 g/mol. The molecule has 3 aromatic carbocycles. The van der Waals surface area contributed by atoms with Gasteiger partial charge in [0.1, 0.15) is 10.6 Å². The first kappa shape index (κ1) is 21.3. The predicted octanol–water partition coefficient (Wildman–Crippen LogP) is 3.27. The molecule has 0 aliphatic rings. The summed E-state index contributed by atoms with van der Waals surface area (Å²) in [6.45, 7) is 1.81. The Morgan fingerprint density at radius 2 is 1.33 bits per heavy atom. The van der Waals surface area contributed by atoms with Gasteiger partial charge in [-0.15, -0.1) is 0 Å². The minimum atomic E-state index is -4.05. The van der Waals surface area contributed by atoms with Crippen LogP contribution in [0.15, 0.2) is 88.7 Å². The van der Waals surface area contributed by atoms with E-state index in [2.05, 4.69) is 5.32 Å². The number of anilines is 1. The first-order valence-corrected chi connectivity index (χ1v) is 11.5. The lowest BCUT2D eigenvalue weighted by molar-refractivity contribution is 0.256. The second kappa shape index (κ2) is 8.56. The fourth-order valence-corrected chi connectivity index (χ4v) is 4.25. The molecule has 30 heavy (non-hydrogen) atoms. The van der Waals surface area contributed by atoms with Gasteiger partial charge in [0.15, 0.2) is 0 Å². The van der Waals surface area contributed by atoms with Crippen LogP contribution in [-0.2, 0) is 20.1 Å². The minimum absolute atomic E-state index is 0.0530. The zero-order valence-electron chi connectivity index (χ0n) is 15.8. The number of para-hydroxylation sites is 1. The van der Waals surface area contributed by atoms with Gasteiger partial charge in [0, 0.05) is 5.69 Å². The largest absolute Gasteiger partial charge is 0.379 e. The zero-order valence-corrected chi connectivity index (χ0v) is 17.4. The number of aryl methyl sites for hydroxylation is 1. The standard InChI is InChI=1S/C20H18N2O6S2/c1-15-7-11-18(12-8-15)29(24,25)22-20(23)21-16-9-13-19(14-10-16)30(26,27)28-17-5-3-2-4-6-17/h2-14H,1H3,(H2,21,22,23). The summed E-state index contributed by atoms with van der Waals surface area (Å²) in [4.78, 5) is 11.9. The van der Waals surface area contributed by atoms with E-state index in [1.807, 2.05) is 11.6 Å². The van der Waals surface area contributed by atoms with Gasteiger partial charge in [-0.05, 0) is 55.5 Å². The zero-order chi connectivity index (χ0) is 21.8. The molecular formula is C20H18N2O6S2. The van der Waals surface area contributed by atoms with Crippen LogP contribution in [0.1, 0.15) is 5.56 Å². The molecular weight excluding hydrogens is 428 g/mol. The maximum absolute atomic E-state index is 12.3. The predicted molar refractivity (Wildman–Crippen MR) is 111 cm³/mol. The molecule has 0 spiro atoms. The Morgan fingerprint density at radius 3 is 1.93 bits per heavy atom. The number of hydrogen-bond donors (Lipinski definition) is 2. The molecule has 10 heteroatoms. The van der Waals surface area contributed by atoms with E-state index in [-0.39, 0.29) is 21.2 Å². The molecule has 2 N–H and O–H groups in total. The molecule has 3 rings (SSSR count). The summed E-state index contributed by atoms with van der Waals surface area (Å²) in [7, 11) is -8.09. The van der Waals surface area contributed by atoms with Crippen LogP contribution in [-0.4, -0.2) is 22.9 Å². The Hall–Kier alpha value is -3.37. The Balaban J connectivity index is 1.66. The molecule has 0 heterocycles. The second-order valence-electron chi connectivity index (χ2n) is 6.25. The molecule has 0 saturated carbocycles. The van der Waals surface area contributed by atoms with Crippen LogP contribution in [0.4, 0.5) is 10.5 Å². The third kappa shape index (κ3) is 5.37. The molecule has 0 aromatic heterocycles. The summed E-state index contributed by atoms with van der Waals surface area (Å²) < 4.78 is 56.0. The number of benzene rings is 3. The number of nitrogens with one attached hydrogen (secondary N) is 2. The first-order chi connectivity index (χ1) is 14.2. The average Bonchev–Trinajstić information content (AvgIpc) is 2.68. The van der Waals surface area contributed by atoms with Crippen LogP contribution >= 0.6 is 0 Å². The van der Waals surface area contributed by atoms with E-state index in [1.54, 1.807) is 30.3 Å². The van der Waals surface area contributed by atoms with Gasteiger partial charge in [-0.1, -0.05) is 35.9 Å². The molecule has 156 valence electrons. The van der Waals surface area contributed by atoms with Gasteiger partial charge in [-0.3, -0.25) is 0 Å². The molecule has 0 unspecified atom stereocenters. The maximum Gasteiger partial charge on any atom is 0.339 e. The number of rotatable bonds is 6. The molecule has 0 fully saturated rings. The smallest absolute Gasteiger partial charge is 0.339 e.